The highest BCUT2D eigenvalue weighted by Gasteiger charge is 1.98. The van der Waals surface area contributed by atoms with E-state index in [1.54, 1.807) is 0 Å². The number of allylic oxidation sites excluding steroid dienone is 2. The molecule has 14 heavy (non-hydrogen) atoms. The molecule has 0 fully saturated rings. The van der Waals surface area contributed by atoms with Gasteiger partial charge in [-0.05, 0) is 19.2 Å². The van der Waals surface area contributed by atoms with Crippen molar-refractivity contribution in [2.75, 3.05) is 20.2 Å². The lowest BCUT2D eigenvalue weighted by Gasteiger charge is -2.11. The third-order valence-electron chi connectivity index (χ3n) is 1.25. The third-order valence-corrected chi connectivity index (χ3v) is 1.78. The maximum absolute atomic E-state index is 9.56. The number of likely N-dealkylation sites (N-methyl/N-ethyl adjacent to an activating group) is 1. The smallest absolute Gasteiger partial charge is 0.377 e. The maximum atomic E-state index is 9.56. The molecule has 6 heteroatoms. The van der Waals surface area contributed by atoms with Gasteiger partial charge in [-0.15, -0.1) is 0 Å². The second-order valence-corrected chi connectivity index (χ2v) is 3.63. The summed E-state index contributed by atoms with van der Waals surface area (Å²) in [6.45, 7) is 2.49. The van der Waals surface area contributed by atoms with E-state index in [2.05, 4.69) is 34.5 Å². The van der Waals surface area contributed by atoms with Crippen molar-refractivity contribution < 1.29 is 17.2 Å². The van der Waals surface area contributed by atoms with Gasteiger partial charge in [0.05, 0.1) is 6.61 Å². The number of hydrogen-bond donors (Lipinski definition) is 1. The van der Waals surface area contributed by atoms with Gasteiger partial charge in [0, 0.05) is 13.6 Å². The van der Waals surface area contributed by atoms with E-state index in [0.717, 1.165) is 6.54 Å². The Hall–Kier alpha value is -0.850. The molecule has 1 rings (SSSR count). The lowest BCUT2D eigenvalue weighted by atomic mass is 10.4. The zero-order valence-corrected chi connectivity index (χ0v) is 9.07. The van der Waals surface area contributed by atoms with Crippen LogP contribution in [0.1, 0.15) is 6.92 Å². The minimum absolute atomic E-state index is 0.0289. The van der Waals surface area contributed by atoms with Crippen molar-refractivity contribution in [3.63, 3.8) is 0 Å². The summed E-state index contributed by atoms with van der Waals surface area (Å²) < 4.78 is 30.7. The van der Waals surface area contributed by atoms with Crippen LogP contribution in [0.5, 0.6) is 0 Å². The molecule has 0 bridgehead atoms. The molecule has 0 atom stereocenters. The zero-order valence-electron chi connectivity index (χ0n) is 8.25. The van der Waals surface area contributed by atoms with Crippen LogP contribution in [0.4, 0.5) is 0 Å². The van der Waals surface area contributed by atoms with Crippen LogP contribution in [0.25, 0.3) is 0 Å². The Kier molecular flexibility index (Phi) is 6.18. The molecule has 1 aliphatic heterocycles. The molecule has 0 spiro atoms. The molecule has 0 aromatic heterocycles. The number of rotatable bonds is 2. The lowest BCUT2D eigenvalue weighted by molar-refractivity contribution is 0.283. The van der Waals surface area contributed by atoms with E-state index in [-0.39, 0.29) is 6.61 Å². The van der Waals surface area contributed by atoms with Crippen LogP contribution in [0.3, 0.4) is 0 Å². The Morgan fingerprint density at radius 1 is 1.50 bits per heavy atom. The summed E-state index contributed by atoms with van der Waals surface area (Å²) in [4.78, 5) is 2.12. The van der Waals surface area contributed by atoms with Gasteiger partial charge in [-0.3, -0.25) is 4.55 Å². The average molecular weight is 221 g/mol. The van der Waals surface area contributed by atoms with Crippen molar-refractivity contribution in [2.45, 2.75) is 6.92 Å². The summed E-state index contributed by atoms with van der Waals surface area (Å²) in [6, 6.07) is 0. The van der Waals surface area contributed by atoms with Crippen LogP contribution < -0.4 is 0 Å². The van der Waals surface area contributed by atoms with Crippen molar-refractivity contribution in [1.82, 2.24) is 4.90 Å². The fourth-order valence-corrected chi connectivity index (χ4v) is 1.01. The molecular formula is C8H15NO4S. The molecule has 1 N–H and O–H groups in total. The van der Waals surface area contributed by atoms with Crippen LogP contribution >= 0.6 is 0 Å². The molecule has 0 aromatic carbocycles. The molecule has 82 valence electrons. The van der Waals surface area contributed by atoms with Gasteiger partial charge in [-0.2, -0.15) is 8.42 Å². The monoisotopic (exact) mass is 221 g/mol. The number of hydrogen-bond acceptors (Lipinski definition) is 4. The van der Waals surface area contributed by atoms with Crippen molar-refractivity contribution in [1.29, 1.82) is 0 Å². The molecule has 0 saturated carbocycles. The summed E-state index contributed by atoms with van der Waals surface area (Å²) in [5, 5.41) is 0. The maximum Gasteiger partial charge on any atom is 0.397 e. The van der Waals surface area contributed by atoms with E-state index in [0.29, 0.717) is 0 Å². The van der Waals surface area contributed by atoms with Gasteiger partial charge in [-0.25, -0.2) is 4.18 Å². The summed E-state index contributed by atoms with van der Waals surface area (Å²) in [6.07, 6.45) is 8.27. The Balaban J connectivity index is 0.000000241. The van der Waals surface area contributed by atoms with E-state index >= 15 is 0 Å². The van der Waals surface area contributed by atoms with Crippen molar-refractivity contribution in [3.8, 4) is 0 Å². The van der Waals surface area contributed by atoms with Crippen molar-refractivity contribution in [3.05, 3.63) is 24.4 Å². The van der Waals surface area contributed by atoms with E-state index in [1.807, 2.05) is 6.08 Å². The van der Waals surface area contributed by atoms with Gasteiger partial charge in [0.1, 0.15) is 0 Å². The highest BCUT2D eigenvalue weighted by atomic mass is 32.3. The predicted molar refractivity (Wildman–Crippen MR) is 54.1 cm³/mol. The molecule has 0 unspecified atom stereocenters. The van der Waals surface area contributed by atoms with Crippen LogP contribution in [0.2, 0.25) is 0 Å². The molecule has 1 aliphatic rings. The van der Waals surface area contributed by atoms with Crippen LogP contribution in [0, 0.1) is 0 Å². The fourth-order valence-electron chi connectivity index (χ4n) is 0.712. The Morgan fingerprint density at radius 3 is 2.29 bits per heavy atom. The van der Waals surface area contributed by atoms with Gasteiger partial charge in [0.25, 0.3) is 0 Å². The molecule has 0 amide bonds. The van der Waals surface area contributed by atoms with Gasteiger partial charge < -0.3 is 4.90 Å². The van der Waals surface area contributed by atoms with Crippen LogP contribution in [0.15, 0.2) is 24.4 Å². The molecule has 0 aliphatic carbocycles. The zero-order chi connectivity index (χ0) is 11.0. The SMILES string of the molecule is CCOS(=O)(=O)O.CN1C=CC=CC1. The van der Waals surface area contributed by atoms with E-state index in [1.165, 1.54) is 6.92 Å². The van der Waals surface area contributed by atoms with Crippen molar-refractivity contribution >= 4 is 10.4 Å². The van der Waals surface area contributed by atoms with Crippen molar-refractivity contribution in [2.24, 2.45) is 0 Å². The minimum atomic E-state index is -4.17. The van der Waals surface area contributed by atoms with Gasteiger partial charge >= 0.3 is 10.4 Å². The minimum Gasteiger partial charge on any atom is -0.377 e. The second kappa shape index (κ2) is 6.58. The first kappa shape index (κ1) is 13.2. The van der Waals surface area contributed by atoms with Crippen LogP contribution in [-0.2, 0) is 14.6 Å². The van der Waals surface area contributed by atoms with Crippen LogP contribution in [-0.4, -0.2) is 38.1 Å². The average Bonchev–Trinajstić information content (AvgIpc) is 2.04. The quantitative estimate of drug-likeness (QED) is 0.699. The summed E-state index contributed by atoms with van der Waals surface area (Å²) >= 11 is 0. The predicted octanol–water partition coefficient (Wildman–Crippen LogP) is 0.827. The first-order valence-corrected chi connectivity index (χ1v) is 5.47. The standard InChI is InChI=1S/C6H9N.C2H6O4S/c1-7-5-3-2-4-6-7;1-2-6-7(3,4)5/h2-5H,6H2,1H3;2H2,1H3,(H,3,4,5). The summed E-state index contributed by atoms with van der Waals surface area (Å²) in [7, 11) is -2.12. The summed E-state index contributed by atoms with van der Waals surface area (Å²) in [5.74, 6) is 0. The normalized spacial score (nSPS) is 14.9. The van der Waals surface area contributed by atoms with Gasteiger partial charge in [0.2, 0.25) is 0 Å². The molecule has 0 radical (unpaired) electrons. The first-order valence-electron chi connectivity index (χ1n) is 4.11. The molecule has 5 nitrogen and oxygen atoms in total. The van der Waals surface area contributed by atoms with E-state index in [4.69, 9.17) is 4.55 Å². The Labute approximate surface area is 84.6 Å². The number of nitrogens with zero attached hydrogens (tertiary/aromatic N) is 1. The first-order chi connectivity index (χ1) is 6.45. The van der Waals surface area contributed by atoms with Gasteiger partial charge in [-0.1, -0.05) is 12.2 Å². The Bertz CT molecular complexity index is 294. The molecule has 1 heterocycles. The molecular weight excluding hydrogens is 206 g/mol. The Morgan fingerprint density at radius 2 is 2.14 bits per heavy atom. The van der Waals surface area contributed by atoms with Gasteiger partial charge in [0.15, 0.2) is 0 Å². The molecule has 0 saturated heterocycles. The highest BCUT2D eigenvalue weighted by molar-refractivity contribution is 7.80. The lowest BCUT2D eigenvalue weighted by Crippen LogP contribution is -2.11. The topological polar surface area (TPSA) is 66.8 Å². The third kappa shape index (κ3) is 9.24. The summed E-state index contributed by atoms with van der Waals surface area (Å²) in [5.41, 5.74) is 0. The highest BCUT2D eigenvalue weighted by Crippen LogP contribution is 1.91. The fraction of sp³-hybridized carbons (Fsp3) is 0.500. The molecule has 0 aromatic rings. The van der Waals surface area contributed by atoms with E-state index < -0.39 is 10.4 Å². The van der Waals surface area contributed by atoms with E-state index in [9.17, 15) is 8.42 Å². The largest absolute Gasteiger partial charge is 0.397 e. The second-order valence-electron chi connectivity index (χ2n) is 2.54.